The molecule has 1 amide bonds. The third kappa shape index (κ3) is 4.49. The standard InChI is InChI=1S/C24H21F3N4O2/c25-24(26,27)18-5-3-4-17(14-18)20-7-8-21(33-20)23(32)30-12-10-29(11-13-30)15-19-16-31-9-2-1-6-22(31)28-19/h1-9,14,16H,10-13,15H2. The van der Waals surface area contributed by atoms with Crippen molar-refractivity contribution in [2.24, 2.45) is 0 Å². The summed E-state index contributed by atoms with van der Waals surface area (Å²) < 4.78 is 46.6. The smallest absolute Gasteiger partial charge is 0.416 e. The first-order chi connectivity index (χ1) is 15.9. The second kappa shape index (κ2) is 8.40. The number of furan rings is 1. The topological polar surface area (TPSA) is 54.0 Å². The van der Waals surface area contributed by atoms with Gasteiger partial charge in [-0.05, 0) is 36.4 Å². The zero-order chi connectivity index (χ0) is 23.0. The minimum Gasteiger partial charge on any atom is -0.451 e. The van der Waals surface area contributed by atoms with Gasteiger partial charge in [-0.25, -0.2) is 4.98 Å². The first-order valence-corrected chi connectivity index (χ1v) is 10.6. The number of carbonyl (C=O) groups excluding carboxylic acids is 1. The first-order valence-electron chi connectivity index (χ1n) is 10.6. The Bertz CT molecular complexity index is 1250. The molecule has 0 radical (unpaired) electrons. The Morgan fingerprint density at radius 3 is 2.58 bits per heavy atom. The van der Waals surface area contributed by atoms with Gasteiger partial charge in [-0.15, -0.1) is 0 Å². The SMILES string of the molecule is O=C(c1ccc(-c2cccc(C(F)(F)F)c2)o1)N1CCN(Cc2cn3ccccc3n2)CC1. The van der Waals surface area contributed by atoms with Crippen molar-refractivity contribution in [3.8, 4) is 11.3 Å². The van der Waals surface area contributed by atoms with Crippen molar-refractivity contribution in [3.63, 3.8) is 0 Å². The fourth-order valence-electron chi connectivity index (χ4n) is 4.01. The van der Waals surface area contributed by atoms with Gasteiger partial charge in [-0.1, -0.05) is 18.2 Å². The average Bonchev–Trinajstić information content (AvgIpc) is 3.46. The molecule has 4 aromatic rings. The van der Waals surface area contributed by atoms with Crippen LogP contribution in [0.25, 0.3) is 17.0 Å². The molecular weight excluding hydrogens is 433 g/mol. The molecule has 0 saturated carbocycles. The van der Waals surface area contributed by atoms with Crippen molar-refractivity contribution < 1.29 is 22.4 Å². The van der Waals surface area contributed by atoms with E-state index in [1.807, 2.05) is 35.0 Å². The first kappa shape index (κ1) is 21.3. The van der Waals surface area contributed by atoms with Crippen LogP contribution in [-0.4, -0.2) is 51.3 Å². The van der Waals surface area contributed by atoms with E-state index in [9.17, 15) is 18.0 Å². The van der Waals surface area contributed by atoms with E-state index in [-0.39, 0.29) is 23.0 Å². The summed E-state index contributed by atoms with van der Waals surface area (Å²) in [6.07, 6.45) is -0.478. The van der Waals surface area contributed by atoms with Crippen molar-refractivity contribution in [1.29, 1.82) is 0 Å². The van der Waals surface area contributed by atoms with E-state index in [4.69, 9.17) is 4.42 Å². The van der Waals surface area contributed by atoms with E-state index in [1.54, 1.807) is 4.90 Å². The van der Waals surface area contributed by atoms with E-state index >= 15 is 0 Å². The summed E-state index contributed by atoms with van der Waals surface area (Å²) in [6, 6.07) is 13.8. The molecule has 3 aromatic heterocycles. The molecule has 1 aliphatic rings. The fraction of sp³-hybridized carbons (Fsp3) is 0.250. The summed E-state index contributed by atoms with van der Waals surface area (Å²) in [6.45, 7) is 3.16. The highest BCUT2D eigenvalue weighted by Crippen LogP contribution is 2.32. The van der Waals surface area contributed by atoms with E-state index in [2.05, 4.69) is 9.88 Å². The van der Waals surface area contributed by atoms with E-state index in [0.29, 0.717) is 32.7 Å². The number of piperazine rings is 1. The van der Waals surface area contributed by atoms with Crippen LogP contribution in [0.3, 0.4) is 0 Å². The van der Waals surface area contributed by atoms with Crippen LogP contribution >= 0.6 is 0 Å². The lowest BCUT2D eigenvalue weighted by Crippen LogP contribution is -2.48. The molecule has 0 bridgehead atoms. The molecule has 1 fully saturated rings. The number of halogens is 3. The van der Waals surface area contributed by atoms with E-state index in [0.717, 1.165) is 23.5 Å². The van der Waals surface area contributed by atoms with Gasteiger partial charge < -0.3 is 13.7 Å². The van der Waals surface area contributed by atoms with E-state index < -0.39 is 11.7 Å². The predicted molar refractivity (Wildman–Crippen MR) is 116 cm³/mol. The van der Waals surface area contributed by atoms with Crippen LogP contribution in [0.1, 0.15) is 21.8 Å². The van der Waals surface area contributed by atoms with Crippen molar-refractivity contribution >= 4 is 11.6 Å². The third-order valence-corrected chi connectivity index (χ3v) is 5.75. The number of hydrogen-bond acceptors (Lipinski definition) is 4. The van der Waals surface area contributed by atoms with Gasteiger partial charge in [-0.3, -0.25) is 9.69 Å². The summed E-state index contributed by atoms with van der Waals surface area (Å²) in [5, 5.41) is 0. The molecule has 1 aliphatic heterocycles. The number of alkyl halides is 3. The highest BCUT2D eigenvalue weighted by atomic mass is 19.4. The molecule has 170 valence electrons. The number of imidazole rings is 1. The molecule has 0 unspecified atom stereocenters. The molecule has 33 heavy (non-hydrogen) atoms. The lowest BCUT2D eigenvalue weighted by atomic mass is 10.1. The van der Waals surface area contributed by atoms with Crippen molar-refractivity contribution in [3.05, 3.63) is 84.0 Å². The predicted octanol–water partition coefficient (Wildman–Crippen LogP) is 4.57. The number of nitrogens with zero attached hydrogens (tertiary/aromatic N) is 4. The van der Waals surface area contributed by atoms with Crippen LogP contribution in [0.15, 0.2) is 71.4 Å². The maximum absolute atomic E-state index is 13.0. The van der Waals surface area contributed by atoms with E-state index in [1.165, 1.54) is 24.3 Å². The molecule has 5 rings (SSSR count). The van der Waals surface area contributed by atoms with Crippen LogP contribution in [0.4, 0.5) is 13.2 Å². The monoisotopic (exact) mass is 454 g/mol. The quantitative estimate of drug-likeness (QED) is 0.453. The highest BCUT2D eigenvalue weighted by Gasteiger charge is 2.31. The molecule has 0 aliphatic carbocycles. The number of fused-ring (bicyclic) bond motifs is 1. The van der Waals surface area contributed by atoms with Crippen LogP contribution in [0, 0.1) is 0 Å². The largest absolute Gasteiger partial charge is 0.451 e. The zero-order valence-corrected chi connectivity index (χ0v) is 17.6. The molecule has 6 nitrogen and oxygen atoms in total. The van der Waals surface area contributed by atoms with Crippen molar-refractivity contribution in [2.75, 3.05) is 26.2 Å². The van der Waals surface area contributed by atoms with Gasteiger partial charge in [0.25, 0.3) is 5.91 Å². The maximum Gasteiger partial charge on any atom is 0.416 e. The number of benzene rings is 1. The minimum absolute atomic E-state index is 0.121. The summed E-state index contributed by atoms with van der Waals surface area (Å²) in [5.41, 5.74) is 1.39. The van der Waals surface area contributed by atoms with Gasteiger partial charge in [0, 0.05) is 50.7 Å². The van der Waals surface area contributed by atoms with Gasteiger partial charge >= 0.3 is 6.18 Å². The Labute approximate surface area is 187 Å². The Balaban J connectivity index is 1.21. The second-order valence-corrected chi connectivity index (χ2v) is 8.01. The van der Waals surface area contributed by atoms with Crippen molar-refractivity contribution in [2.45, 2.75) is 12.7 Å². The Hall–Kier alpha value is -3.59. The summed E-state index contributed by atoms with van der Waals surface area (Å²) >= 11 is 0. The Kier molecular flexibility index (Phi) is 5.41. The Morgan fingerprint density at radius 2 is 1.82 bits per heavy atom. The Morgan fingerprint density at radius 1 is 1.00 bits per heavy atom. The number of carbonyl (C=O) groups is 1. The number of pyridine rings is 1. The lowest BCUT2D eigenvalue weighted by molar-refractivity contribution is -0.137. The van der Waals surface area contributed by atoms with Crippen LogP contribution < -0.4 is 0 Å². The number of amides is 1. The lowest BCUT2D eigenvalue weighted by Gasteiger charge is -2.33. The summed E-state index contributed by atoms with van der Waals surface area (Å²) in [5.74, 6) is 0.0896. The van der Waals surface area contributed by atoms with Crippen LogP contribution in [0.5, 0.6) is 0 Å². The summed E-state index contributed by atoms with van der Waals surface area (Å²) in [7, 11) is 0. The van der Waals surface area contributed by atoms with Crippen LogP contribution in [-0.2, 0) is 12.7 Å². The van der Waals surface area contributed by atoms with Gasteiger partial charge in [0.2, 0.25) is 0 Å². The molecule has 1 saturated heterocycles. The highest BCUT2D eigenvalue weighted by molar-refractivity contribution is 5.92. The average molecular weight is 454 g/mol. The molecule has 0 spiro atoms. The number of hydrogen-bond donors (Lipinski definition) is 0. The van der Waals surface area contributed by atoms with Gasteiger partial charge in [-0.2, -0.15) is 13.2 Å². The van der Waals surface area contributed by atoms with Gasteiger partial charge in [0.1, 0.15) is 11.4 Å². The fourth-order valence-corrected chi connectivity index (χ4v) is 4.01. The minimum atomic E-state index is -4.44. The molecule has 0 N–H and O–H groups in total. The number of rotatable bonds is 4. The molecule has 9 heteroatoms. The number of aromatic nitrogens is 2. The zero-order valence-electron chi connectivity index (χ0n) is 17.6. The van der Waals surface area contributed by atoms with Gasteiger partial charge in [0.15, 0.2) is 5.76 Å². The molecule has 0 atom stereocenters. The second-order valence-electron chi connectivity index (χ2n) is 8.01. The van der Waals surface area contributed by atoms with Crippen LogP contribution in [0.2, 0.25) is 0 Å². The van der Waals surface area contributed by atoms with Crippen molar-refractivity contribution in [1.82, 2.24) is 19.2 Å². The van der Waals surface area contributed by atoms with Gasteiger partial charge in [0.05, 0.1) is 11.3 Å². The molecule has 1 aromatic carbocycles. The normalized spacial score (nSPS) is 15.3. The molecule has 4 heterocycles. The maximum atomic E-state index is 13.0. The third-order valence-electron chi connectivity index (χ3n) is 5.75. The summed E-state index contributed by atoms with van der Waals surface area (Å²) in [4.78, 5) is 21.4. The molecular formula is C24H21F3N4O2.